The van der Waals surface area contributed by atoms with Crippen LogP contribution in [0.5, 0.6) is 0 Å². The fourth-order valence-electron chi connectivity index (χ4n) is 6.03. The Balaban J connectivity index is 1.08. The van der Waals surface area contributed by atoms with Crippen molar-refractivity contribution in [1.82, 2.24) is 4.90 Å². The van der Waals surface area contributed by atoms with Gasteiger partial charge in [-0.25, -0.2) is 9.13 Å². The van der Waals surface area contributed by atoms with Crippen LogP contribution in [0, 0.1) is 0 Å². The molecule has 0 fully saturated rings. The summed E-state index contributed by atoms with van der Waals surface area (Å²) >= 11 is 0. The van der Waals surface area contributed by atoms with Gasteiger partial charge in [0.05, 0.1) is 66.9 Å². The Kier molecular flexibility index (Phi) is 16.7. The molecule has 0 amide bonds. The lowest BCUT2D eigenvalue weighted by molar-refractivity contribution is -0.870. The fourth-order valence-corrected chi connectivity index (χ4v) is 7.99. The minimum atomic E-state index is 0.505. The van der Waals surface area contributed by atoms with E-state index in [1.807, 2.05) is 21.6 Å². The summed E-state index contributed by atoms with van der Waals surface area (Å²) < 4.78 is 6.61. The molecule has 0 radical (unpaired) electrons. The van der Waals surface area contributed by atoms with Crippen molar-refractivity contribution in [1.29, 1.82) is 0 Å². The largest absolute Gasteiger partial charge is 0.374 e. The molecule has 0 saturated heterocycles. The lowest BCUT2D eigenvalue weighted by atomic mass is 10.0. The Hall–Kier alpha value is -3.14. The van der Waals surface area contributed by atoms with Crippen molar-refractivity contribution in [3.05, 3.63) is 120 Å². The van der Waals surface area contributed by atoms with Gasteiger partial charge in [-0.15, -0.1) is 0 Å². The molecule has 0 aliphatic heterocycles. The van der Waals surface area contributed by atoms with Gasteiger partial charge in [-0.1, -0.05) is 76.3 Å². The van der Waals surface area contributed by atoms with Crippen LogP contribution in [0.3, 0.4) is 0 Å². The second-order valence-corrected chi connectivity index (χ2v) is 18.8. The Labute approximate surface area is 324 Å². The van der Waals surface area contributed by atoms with Crippen LogP contribution in [0.15, 0.2) is 103 Å². The average Bonchev–Trinajstić information content (AvgIpc) is 3.11. The smallest absolute Gasteiger partial charge is 0.169 e. The molecular formula is C44H66N6S2+4. The lowest BCUT2D eigenvalue weighted by Crippen LogP contribution is -2.38. The molecule has 52 heavy (non-hydrogen) atoms. The first-order valence-electron chi connectivity index (χ1n) is 18.9. The summed E-state index contributed by atoms with van der Waals surface area (Å²) in [5.74, 6) is 2.18. The summed E-state index contributed by atoms with van der Waals surface area (Å²) in [5.41, 5.74) is 6.26. The van der Waals surface area contributed by atoms with Crippen LogP contribution in [0.25, 0.3) is 18.2 Å². The van der Waals surface area contributed by atoms with Gasteiger partial charge >= 0.3 is 0 Å². The Morgan fingerprint density at radius 3 is 1.62 bits per heavy atom. The molecule has 2 aromatic heterocycles. The van der Waals surface area contributed by atoms with E-state index in [0.717, 1.165) is 53.1 Å². The number of aryl methyl sites for hydroxylation is 2. The zero-order chi connectivity index (χ0) is 37.4. The van der Waals surface area contributed by atoms with Gasteiger partial charge in [0.1, 0.15) is 0 Å². The molecule has 4 rings (SSSR count). The number of quaternary nitrogens is 2. The molecule has 3 aromatic rings. The predicted octanol–water partition coefficient (Wildman–Crippen LogP) is 7.34. The van der Waals surface area contributed by atoms with Gasteiger partial charge in [-0.05, 0) is 47.9 Å². The van der Waals surface area contributed by atoms with E-state index in [2.05, 4.69) is 191 Å². The predicted molar refractivity (Wildman–Crippen MR) is 229 cm³/mol. The highest BCUT2D eigenvalue weighted by Gasteiger charge is 2.15. The first kappa shape index (κ1) is 41.6. The summed E-state index contributed by atoms with van der Waals surface area (Å²) in [7, 11) is 21.9. The van der Waals surface area contributed by atoms with Gasteiger partial charge in [0.2, 0.25) is 0 Å². The Bertz CT molecular complexity index is 1600. The van der Waals surface area contributed by atoms with E-state index in [9.17, 15) is 0 Å². The number of rotatable bonds is 21. The van der Waals surface area contributed by atoms with E-state index in [4.69, 9.17) is 0 Å². The van der Waals surface area contributed by atoms with E-state index in [1.54, 1.807) is 0 Å². The maximum absolute atomic E-state index is 2.49. The number of likely N-dealkylation sites (N-methyl/N-ethyl adjacent to an activating group) is 1. The topological polar surface area (TPSA) is 14.2 Å². The summed E-state index contributed by atoms with van der Waals surface area (Å²) in [5, 5.41) is 0. The Morgan fingerprint density at radius 2 is 1.13 bits per heavy atom. The molecule has 0 spiro atoms. The number of allylic oxidation sites excluding steroid dienone is 3. The SMILES string of the molecule is CN(CCC[N+](C)(C)C)c1ccc(/C=C/c2cc[n+](CCSSCC[n+]3ccc(/C=C/C4=CCC(N(C)CCC[N+](C)(C)C)C=C4)cc3)cc2)cc1. The third-order valence-corrected chi connectivity index (χ3v) is 11.8. The van der Waals surface area contributed by atoms with E-state index in [0.29, 0.717) is 6.04 Å². The minimum absolute atomic E-state index is 0.505. The standard InChI is InChI=1S/C44H66N6S2/c1-45(27-9-35-49(3,4)5)43-19-15-39(16-20-43)11-13-41-23-29-47(30-24-41)33-37-51-52-38-34-48-31-25-42(26-32-48)14-12-40-17-21-44(22-18-40)46(2)28-10-36-50(6,7)8/h11-21,23-26,29-32,44H,9-10,22,27-28,33-38H2,1-8H3/q+4/b14-12+. The number of anilines is 1. The quantitative estimate of drug-likeness (QED) is 0.0491. The van der Waals surface area contributed by atoms with Crippen molar-refractivity contribution >= 4 is 45.5 Å². The zero-order valence-corrected chi connectivity index (χ0v) is 35.0. The third-order valence-electron chi connectivity index (χ3n) is 9.39. The third kappa shape index (κ3) is 16.3. The van der Waals surface area contributed by atoms with Crippen molar-refractivity contribution in [2.45, 2.75) is 38.4 Å². The van der Waals surface area contributed by atoms with Gasteiger partial charge < -0.3 is 13.9 Å². The fraction of sp³-hybridized carbons (Fsp3) is 0.455. The van der Waals surface area contributed by atoms with Crippen molar-refractivity contribution in [2.75, 3.05) is 99.0 Å². The number of hydrogen-bond donors (Lipinski definition) is 0. The van der Waals surface area contributed by atoms with Gasteiger partial charge in [0, 0.05) is 69.0 Å². The monoisotopic (exact) mass is 742 g/mol. The molecule has 0 N–H and O–H groups in total. The van der Waals surface area contributed by atoms with Gasteiger partial charge in [-0.3, -0.25) is 4.90 Å². The molecule has 1 aromatic carbocycles. The first-order valence-corrected chi connectivity index (χ1v) is 21.4. The number of benzene rings is 1. The highest BCUT2D eigenvalue weighted by molar-refractivity contribution is 8.76. The molecule has 2 heterocycles. The van der Waals surface area contributed by atoms with Crippen LogP contribution in [0.2, 0.25) is 0 Å². The van der Waals surface area contributed by atoms with Crippen LogP contribution in [0.1, 0.15) is 36.0 Å². The van der Waals surface area contributed by atoms with Gasteiger partial charge in [0.25, 0.3) is 0 Å². The number of pyridine rings is 2. The molecule has 0 saturated carbocycles. The van der Waals surface area contributed by atoms with Crippen molar-refractivity contribution < 1.29 is 18.1 Å². The molecule has 1 unspecified atom stereocenters. The summed E-state index contributed by atoms with van der Waals surface area (Å²) in [6, 6.07) is 18.2. The number of aromatic nitrogens is 2. The van der Waals surface area contributed by atoms with Crippen molar-refractivity contribution in [3.63, 3.8) is 0 Å². The van der Waals surface area contributed by atoms with Gasteiger partial charge in [0.15, 0.2) is 37.9 Å². The van der Waals surface area contributed by atoms with Crippen LogP contribution in [-0.2, 0) is 13.1 Å². The van der Waals surface area contributed by atoms with Crippen LogP contribution in [-0.4, -0.2) is 114 Å². The number of hydrogen-bond acceptors (Lipinski definition) is 4. The summed E-state index contributed by atoms with van der Waals surface area (Å²) in [6.45, 7) is 6.64. The van der Waals surface area contributed by atoms with E-state index in [1.165, 1.54) is 53.9 Å². The summed E-state index contributed by atoms with van der Waals surface area (Å²) in [6.07, 6.45) is 28.2. The highest BCUT2D eigenvalue weighted by Crippen LogP contribution is 2.21. The molecule has 1 aliphatic carbocycles. The van der Waals surface area contributed by atoms with E-state index < -0.39 is 0 Å². The second-order valence-electron chi connectivity index (χ2n) is 16.1. The molecule has 280 valence electrons. The second kappa shape index (κ2) is 20.9. The van der Waals surface area contributed by atoms with Crippen molar-refractivity contribution in [2.24, 2.45) is 0 Å². The van der Waals surface area contributed by atoms with Crippen molar-refractivity contribution in [3.8, 4) is 0 Å². The highest BCUT2D eigenvalue weighted by atomic mass is 33.1. The molecule has 8 heteroatoms. The first-order chi connectivity index (χ1) is 24.8. The maximum Gasteiger partial charge on any atom is 0.169 e. The lowest BCUT2D eigenvalue weighted by Gasteiger charge is -2.29. The molecule has 0 bridgehead atoms. The number of nitrogens with zero attached hydrogens (tertiary/aromatic N) is 6. The minimum Gasteiger partial charge on any atom is -0.374 e. The molecule has 1 atom stereocenters. The summed E-state index contributed by atoms with van der Waals surface area (Å²) in [4.78, 5) is 4.84. The normalized spacial score (nSPS) is 15.2. The Morgan fingerprint density at radius 1 is 0.654 bits per heavy atom. The van der Waals surface area contributed by atoms with Crippen LogP contribution < -0.4 is 14.0 Å². The molecule has 6 nitrogen and oxygen atoms in total. The average molecular weight is 743 g/mol. The molecule has 1 aliphatic rings. The van der Waals surface area contributed by atoms with E-state index in [-0.39, 0.29) is 0 Å². The van der Waals surface area contributed by atoms with Crippen LogP contribution >= 0.6 is 21.6 Å². The zero-order valence-electron chi connectivity index (χ0n) is 33.3. The van der Waals surface area contributed by atoms with Gasteiger partial charge in [-0.2, -0.15) is 0 Å². The maximum atomic E-state index is 2.49. The molecular weight excluding hydrogens is 677 g/mol. The van der Waals surface area contributed by atoms with Crippen LogP contribution in [0.4, 0.5) is 5.69 Å². The van der Waals surface area contributed by atoms with E-state index >= 15 is 0 Å².